The van der Waals surface area contributed by atoms with Crippen LogP contribution < -0.4 is 10.2 Å². The van der Waals surface area contributed by atoms with Crippen LogP contribution >= 0.6 is 0 Å². The largest absolute Gasteiger partial charge is 0.454 e. The highest BCUT2D eigenvalue weighted by Gasteiger charge is 2.36. The highest BCUT2D eigenvalue weighted by molar-refractivity contribution is 6.52. The van der Waals surface area contributed by atoms with E-state index in [0.29, 0.717) is 5.69 Å². The van der Waals surface area contributed by atoms with Crippen LogP contribution in [0.3, 0.4) is 0 Å². The molecule has 1 heterocycles. The van der Waals surface area contributed by atoms with Gasteiger partial charge in [0.1, 0.15) is 6.54 Å². The van der Waals surface area contributed by atoms with Gasteiger partial charge in [-0.15, -0.1) is 0 Å². The molecular weight excluding hydrogens is 330 g/mol. The minimum Gasteiger partial charge on any atom is -0.454 e. The summed E-state index contributed by atoms with van der Waals surface area (Å²) in [5, 5.41) is 2.30. The van der Waals surface area contributed by atoms with Crippen molar-refractivity contribution in [2.45, 2.75) is 0 Å². The Balaban J connectivity index is 1.85. The standard InChI is InChI=1S/C16H17N3O6/c1-18(2)13(21)7-17-12(20)9-25-14(22)8-19-11-6-4-3-5-10(11)15(23)16(19)24/h3-6H,7-9H2,1-2H3,(H,17,20). The number of fused-ring (bicyclic) bond motifs is 1. The summed E-state index contributed by atoms with van der Waals surface area (Å²) in [7, 11) is 3.08. The molecule has 0 unspecified atom stereocenters. The molecule has 0 aliphatic carbocycles. The average molecular weight is 347 g/mol. The second-order valence-corrected chi connectivity index (χ2v) is 5.46. The van der Waals surface area contributed by atoms with Gasteiger partial charge in [-0.3, -0.25) is 28.9 Å². The summed E-state index contributed by atoms with van der Waals surface area (Å²) in [4.78, 5) is 60.7. The number of carbonyl (C=O) groups is 5. The maximum atomic E-state index is 11.9. The number of ketones is 1. The number of likely N-dealkylation sites (N-methyl/N-ethyl adjacent to an activating group) is 1. The molecule has 0 saturated carbocycles. The molecule has 1 N–H and O–H groups in total. The molecule has 0 radical (unpaired) electrons. The van der Waals surface area contributed by atoms with E-state index >= 15 is 0 Å². The van der Waals surface area contributed by atoms with Crippen molar-refractivity contribution in [2.75, 3.05) is 38.7 Å². The zero-order chi connectivity index (χ0) is 18.6. The minimum atomic E-state index is -0.841. The minimum absolute atomic E-state index is 0.212. The second-order valence-electron chi connectivity index (χ2n) is 5.46. The second kappa shape index (κ2) is 7.56. The third kappa shape index (κ3) is 4.19. The molecule has 0 atom stereocenters. The van der Waals surface area contributed by atoms with E-state index in [1.54, 1.807) is 32.3 Å². The summed E-state index contributed by atoms with van der Waals surface area (Å²) in [6, 6.07) is 6.30. The van der Waals surface area contributed by atoms with Crippen LogP contribution in [0.4, 0.5) is 5.69 Å². The first kappa shape index (κ1) is 18.1. The number of rotatable bonds is 6. The quantitative estimate of drug-likeness (QED) is 0.520. The number of ether oxygens (including phenoxy) is 1. The van der Waals surface area contributed by atoms with Gasteiger partial charge < -0.3 is 15.0 Å². The predicted octanol–water partition coefficient (Wildman–Crippen LogP) is -1.04. The lowest BCUT2D eigenvalue weighted by molar-refractivity contribution is -0.147. The summed E-state index contributed by atoms with van der Waals surface area (Å²) in [6.45, 7) is -1.28. The van der Waals surface area contributed by atoms with Gasteiger partial charge in [-0.05, 0) is 12.1 Å². The molecule has 25 heavy (non-hydrogen) atoms. The summed E-state index contributed by atoms with van der Waals surface area (Å²) in [5.41, 5.74) is 0.552. The fourth-order valence-electron chi connectivity index (χ4n) is 2.11. The summed E-state index contributed by atoms with van der Waals surface area (Å²) in [5.74, 6) is -3.31. The van der Waals surface area contributed by atoms with Crippen molar-refractivity contribution < 1.29 is 28.7 Å². The third-order valence-corrected chi connectivity index (χ3v) is 3.47. The van der Waals surface area contributed by atoms with Crippen molar-refractivity contribution in [3.05, 3.63) is 29.8 Å². The van der Waals surface area contributed by atoms with Gasteiger partial charge in [0.15, 0.2) is 6.61 Å². The number of nitrogens with zero attached hydrogens (tertiary/aromatic N) is 2. The maximum Gasteiger partial charge on any atom is 0.326 e. The topological polar surface area (TPSA) is 113 Å². The van der Waals surface area contributed by atoms with Crippen LogP contribution in [0, 0.1) is 0 Å². The van der Waals surface area contributed by atoms with Gasteiger partial charge in [-0.1, -0.05) is 12.1 Å². The Hall–Kier alpha value is -3.23. The zero-order valence-electron chi connectivity index (χ0n) is 13.8. The number of benzene rings is 1. The number of carbonyl (C=O) groups excluding carboxylic acids is 5. The first-order valence-electron chi connectivity index (χ1n) is 7.39. The number of anilines is 1. The van der Waals surface area contributed by atoms with Crippen LogP contribution in [0.1, 0.15) is 10.4 Å². The normalized spacial score (nSPS) is 12.6. The lowest BCUT2D eigenvalue weighted by atomic mass is 10.1. The molecule has 0 fully saturated rings. The Morgan fingerprint density at radius 3 is 2.52 bits per heavy atom. The Bertz CT molecular complexity index is 743. The molecule has 0 aromatic heterocycles. The van der Waals surface area contributed by atoms with Crippen molar-refractivity contribution in [3.8, 4) is 0 Å². The van der Waals surface area contributed by atoms with Crippen LogP contribution in [0.2, 0.25) is 0 Å². The van der Waals surface area contributed by atoms with Crippen LogP contribution in [-0.4, -0.2) is 68.2 Å². The summed E-state index contributed by atoms with van der Waals surface area (Å²) in [6.07, 6.45) is 0. The van der Waals surface area contributed by atoms with E-state index in [-0.39, 0.29) is 18.0 Å². The molecule has 0 bridgehead atoms. The van der Waals surface area contributed by atoms with Crippen LogP contribution in [0.15, 0.2) is 24.3 Å². The highest BCUT2D eigenvalue weighted by Crippen LogP contribution is 2.28. The lowest BCUT2D eigenvalue weighted by Crippen LogP contribution is -2.39. The van der Waals surface area contributed by atoms with Gasteiger partial charge in [-0.25, -0.2) is 0 Å². The Labute approximate surface area is 143 Å². The lowest BCUT2D eigenvalue weighted by Gasteiger charge is -2.15. The third-order valence-electron chi connectivity index (χ3n) is 3.47. The number of hydrogen-bond donors (Lipinski definition) is 1. The number of Topliss-reactive ketones (excluding diaryl/α,β-unsaturated/α-hetero) is 1. The molecule has 1 aromatic rings. The molecule has 132 valence electrons. The average Bonchev–Trinajstić information content (AvgIpc) is 2.83. The van der Waals surface area contributed by atoms with Gasteiger partial charge in [0, 0.05) is 14.1 Å². The Morgan fingerprint density at radius 2 is 1.84 bits per heavy atom. The molecule has 3 amide bonds. The number of esters is 1. The van der Waals surface area contributed by atoms with Crippen molar-refractivity contribution in [2.24, 2.45) is 0 Å². The molecule has 1 aromatic carbocycles. The molecule has 0 spiro atoms. The molecule has 1 aliphatic rings. The molecule has 2 rings (SSSR count). The SMILES string of the molecule is CN(C)C(=O)CNC(=O)COC(=O)CN1C(=O)C(=O)c2ccccc21. The van der Waals surface area contributed by atoms with E-state index in [2.05, 4.69) is 5.32 Å². The number of para-hydroxylation sites is 1. The van der Waals surface area contributed by atoms with Crippen molar-refractivity contribution in [3.63, 3.8) is 0 Å². The molecule has 0 saturated heterocycles. The van der Waals surface area contributed by atoms with Gasteiger partial charge in [0.2, 0.25) is 5.91 Å². The fourth-order valence-corrected chi connectivity index (χ4v) is 2.11. The Kier molecular flexibility index (Phi) is 5.48. The first-order chi connectivity index (χ1) is 11.8. The van der Waals surface area contributed by atoms with Crippen LogP contribution in [-0.2, 0) is 23.9 Å². The van der Waals surface area contributed by atoms with E-state index in [1.165, 1.54) is 11.0 Å². The predicted molar refractivity (Wildman–Crippen MR) is 85.8 cm³/mol. The molecular formula is C16H17N3O6. The van der Waals surface area contributed by atoms with Crippen LogP contribution in [0.5, 0.6) is 0 Å². The monoisotopic (exact) mass is 347 g/mol. The van der Waals surface area contributed by atoms with E-state index in [9.17, 15) is 24.0 Å². The molecule has 1 aliphatic heterocycles. The molecule has 9 nitrogen and oxygen atoms in total. The number of nitrogens with one attached hydrogen (secondary N) is 1. The van der Waals surface area contributed by atoms with Crippen LogP contribution in [0.25, 0.3) is 0 Å². The zero-order valence-corrected chi connectivity index (χ0v) is 13.8. The van der Waals surface area contributed by atoms with E-state index in [1.807, 2.05) is 0 Å². The fraction of sp³-hybridized carbons (Fsp3) is 0.312. The maximum absolute atomic E-state index is 11.9. The van der Waals surface area contributed by atoms with Gasteiger partial charge in [0.05, 0.1) is 17.8 Å². The summed E-state index contributed by atoms with van der Waals surface area (Å²) < 4.78 is 4.78. The smallest absolute Gasteiger partial charge is 0.326 e. The van der Waals surface area contributed by atoms with E-state index in [4.69, 9.17) is 4.74 Å². The first-order valence-corrected chi connectivity index (χ1v) is 7.39. The summed E-state index contributed by atoms with van der Waals surface area (Å²) >= 11 is 0. The van der Waals surface area contributed by atoms with Gasteiger partial charge >= 0.3 is 5.97 Å². The van der Waals surface area contributed by atoms with Crippen molar-refractivity contribution in [1.29, 1.82) is 0 Å². The Morgan fingerprint density at radius 1 is 1.16 bits per heavy atom. The van der Waals surface area contributed by atoms with E-state index < -0.39 is 36.7 Å². The number of amides is 3. The van der Waals surface area contributed by atoms with Gasteiger partial charge in [0.25, 0.3) is 17.6 Å². The van der Waals surface area contributed by atoms with Crippen molar-refractivity contribution in [1.82, 2.24) is 10.2 Å². The number of hydrogen-bond acceptors (Lipinski definition) is 6. The van der Waals surface area contributed by atoms with Gasteiger partial charge in [-0.2, -0.15) is 0 Å². The highest BCUT2D eigenvalue weighted by atomic mass is 16.5. The van der Waals surface area contributed by atoms with Crippen molar-refractivity contribution >= 4 is 35.2 Å². The molecule has 9 heteroatoms. The van der Waals surface area contributed by atoms with E-state index in [0.717, 1.165) is 4.90 Å².